The molecule has 0 aliphatic heterocycles. The SMILES string of the molecule is CON(C)C(=O)c1ccc(F)cc1O. The molecule has 0 radical (unpaired) electrons. The van der Waals surface area contributed by atoms with Crippen molar-refractivity contribution in [1.82, 2.24) is 5.06 Å². The Morgan fingerprint density at radius 3 is 2.71 bits per heavy atom. The summed E-state index contributed by atoms with van der Waals surface area (Å²) >= 11 is 0. The van der Waals surface area contributed by atoms with Crippen molar-refractivity contribution < 1.29 is 19.1 Å². The Hall–Kier alpha value is -1.62. The summed E-state index contributed by atoms with van der Waals surface area (Å²) in [4.78, 5) is 16.1. The standard InChI is InChI=1S/C9H10FNO3/c1-11(14-2)9(13)7-4-3-6(10)5-8(7)12/h3-5,12H,1-2H3. The van der Waals surface area contributed by atoms with Crippen LogP contribution in [-0.2, 0) is 4.84 Å². The summed E-state index contributed by atoms with van der Waals surface area (Å²) < 4.78 is 12.6. The number of carbonyl (C=O) groups is 1. The van der Waals surface area contributed by atoms with Crippen molar-refractivity contribution in [3.8, 4) is 5.75 Å². The van der Waals surface area contributed by atoms with Crippen molar-refractivity contribution in [2.24, 2.45) is 0 Å². The Kier molecular flexibility index (Phi) is 3.03. The van der Waals surface area contributed by atoms with E-state index in [0.29, 0.717) is 0 Å². The van der Waals surface area contributed by atoms with E-state index in [4.69, 9.17) is 0 Å². The molecule has 1 rings (SSSR count). The molecular weight excluding hydrogens is 189 g/mol. The normalized spacial score (nSPS) is 9.93. The minimum absolute atomic E-state index is 0.00394. The molecule has 1 aromatic carbocycles. The lowest BCUT2D eigenvalue weighted by atomic mass is 10.2. The number of hydrogen-bond acceptors (Lipinski definition) is 3. The van der Waals surface area contributed by atoms with Gasteiger partial charge in [0.15, 0.2) is 0 Å². The van der Waals surface area contributed by atoms with Gasteiger partial charge in [-0.2, -0.15) is 0 Å². The van der Waals surface area contributed by atoms with E-state index in [1.807, 2.05) is 0 Å². The second-order valence-corrected chi connectivity index (χ2v) is 2.65. The molecule has 0 aromatic heterocycles. The van der Waals surface area contributed by atoms with Crippen molar-refractivity contribution in [2.75, 3.05) is 14.2 Å². The van der Waals surface area contributed by atoms with Crippen LogP contribution in [0, 0.1) is 5.82 Å². The monoisotopic (exact) mass is 199 g/mol. The first-order chi connectivity index (χ1) is 6.56. The lowest BCUT2D eigenvalue weighted by Gasteiger charge is -2.14. The van der Waals surface area contributed by atoms with E-state index in [9.17, 15) is 14.3 Å². The molecule has 0 heterocycles. The molecule has 0 fully saturated rings. The average molecular weight is 199 g/mol. The van der Waals surface area contributed by atoms with E-state index in [1.54, 1.807) is 0 Å². The van der Waals surface area contributed by atoms with Gasteiger partial charge in [0.2, 0.25) is 0 Å². The first-order valence-electron chi connectivity index (χ1n) is 3.87. The third-order valence-corrected chi connectivity index (χ3v) is 1.75. The van der Waals surface area contributed by atoms with Gasteiger partial charge in [0, 0.05) is 13.1 Å². The number of rotatable bonds is 2. The molecule has 0 unspecified atom stereocenters. The zero-order chi connectivity index (χ0) is 10.7. The molecule has 0 bridgehead atoms. The number of phenolic OH excluding ortho intramolecular Hbond substituents is 1. The van der Waals surface area contributed by atoms with Crippen molar-refractivity contribution >= 4 is 5.91 Å². The molecule has 14 heavy (non-hydrogen) atoms. The number of aromatic hydroxyl groups is 1. The number of nitrogens with zero attached hydrogens (tertiary/aromatic N) is 1. The maximum Gasteiger partial charge on any atom is 0.280 e. The maximum absolute atomic E-state index is 12.6. The summed E-state index contributed by atoms with van der Waals surface area (Å²) in [6.07, 6.45) is 0. The molecule has 1 amide bonds. The predicted octanol–water partition coefficient (Wildman–Crippen LogP) is 1.16. The largest absolute Gasteiger partial charge is 0.507 e. The number of hydrogen-bond donors (Lipinski definition) is 1. The number of benzene rings is 1. The molecule has 1 N–H and O–H groups in total. The Labute approximate surface area is 80.5 Å². The van der Waals surface area contributed by atoms with Gasteiger partial charge in [-0.05, 0) is 12.1 Å². The molecule has 76 valence electrons. The summed E-state index contributed by atoms with van der Waals surface area (Å²) in [6.45, 7) is 0. The zero-order valence-corrected chi connectivity index (χ0v) is 7.82. The summed E-state index contributed by atoms with van der Waals surface area (Å²) in [5.41, 5.74) is -0.00394. The fraction of sp³-hybridized carbons (Fsp3) is 0.222. The van der Waals surface area contributed by atoms with Crippen molar-refractivity contribution in [3.05, 3.63) is 29.6 Å². The van der Waals surface area contributed by atoms with Crippen LogP contribution in [0.5, 0.6) is 5.75 Å². The first-order valence-corrected chi connectivity index (χ1v) is 3.87. The van der Waals surface area contributed by atoms with Crippen LogP contribution in [0.3, 0.4) is 0 Å². The van der Waals surface area contributed by atoms with Crippen molar-refractivity contribution in [3.63, 3.8) is 0 Å². The van der Waals surface area contributed by atoms with Gasteiger partial charge in [-0.15, -0.1) is 0 Å². The number of amides is 1. The second-order valence-electron chi connectivity index (χ2n) is 2.65. The third-order valence-electron chi connectivity index (χ3n) is 1.75. The summed E-state index contributed by atoms with van der Waals surface area (Å²) in [5, 5.41) is 10.2. The van der Waals surface area contributed by atoms with Gasteiger partial charge in [0.25, 0.3) is 5.91 Å². The predicted molar refractivity (Wildman–Crippen MR) is 47.2 cm³/mol. The molecule has 0 aliphatic carbocycles. The van der Waals surface area contributed by atoms with Gasteiger partial charge >= 0.3 is 0 Å². The highest BCUT2D eigenvalue weighted by Crippen LogP contribution is 2.19. The van der Waals surface area contributed by atoms with E-state index in [2.05, 4.69) is 4.84 Å². The van der Waals surface area contributed by atoms with Gasteiger partial charge in [-0.1, -0.05) is 0 Å². The van der Waals surface area contributed by atoms with Crippen molar-refractivity contribution in [1.29, 1.82) is 0 Å². The lowest BCUT2D eigenvalue weighted by Crippen LogP contribution is -2.25. The number of phenols is 1. The third kappa shape index (κ3) is 2.00. The van der Waals surface area contributed by atoms with Crippen LogP contribution in [0.2, 0.25) is 0 Å². The molecule has 0 saturated carbocycles. The molecular formula is C9H10FNO3. The Balaban J connectivity index is 3.02. The fourth-order valence-corrected chi connectivity index (χ4v) is 0.938. The Bertz CT molecular complexity index is 354. The van der Waals surface area contributed by atoms with E-state index in [0.717, 1.165) is 17.2 Å². The van der Waals surface area contributed by atoms with Crippen LogP contribution in [0.15, 0.2) is 18.2 Å². The van der Waals surface area contributed by atoms with E-state index in [1.165, 1.54) is 20.2 Å². The van der Waals surface area contributed by atoms with Crippen LogP contribution in [0.1, 0.15) is 10.4 Å². The second kappa shape index (κ2) is 4.06. The van der Waals surface area contributed by atoms with Gasteiger partial charge in [0.1, 0.15) is 11.6 Å². The van der Waals surface area contributed by atoms with Gasteiger partial charge in [-0.25, -0.2) is 9.45 Å². The van der Waals surface area contributed by atoms with Crippen LogP contribution in [0.4, 0.5) is 4.39 Å². The fourth-order valence-electron chi connectivity index (χ4n) is 0.938. The Morgan fingerprint density at radius 2 is 2.21 bits per heavy atom. The molecule has 0 aliphatic rings. The molecule has 1 aromatic rings. The smallest absolute Gasteiger partial charge is 0.280 e. The number of halogens is 1. The topological polar surface area (TPSA) is 49.8 Å². The van der Waals surface area contributed by atoms with Crippen LogP contribution in [0.25, 0.3) is 0 Å². The van der Waals surface area contributed by atoms with E-state index in [-0.39, 0.29) is 5.56 Å². The molecule has 0 saturated heterocycles. The molecule has 0 spiro atoms. The number of carbonyl (C=O) groups excluding carboxylic acids is 1. The molecule has 0 atom stereocenters. The number of hydroxylamine groups is 2. The van der Waals surface area contributed by atoms with Gasteiger partial charge in [0.05, 0.1) is 12.7 Å². The highest BCUT2D eigenvalue weighted by Gasteiger charge is 2.15. The Morgan fingerprint density at radius 1 is 1.57 bits per heavy atom. The molecule has 4 nitrogen and oxygen atoms in total. The minimum Gasteiger partial charge on any atom is -0.507 e. The van der Waals surface area contributed by atoms with Gasteiger partial charge in [-0.3, -0.25) is 9.63 Å². The van der Waals surface area contributed by atoms with Crippen LogP contribution < -0.4 is 0 Å². The highest BCUT2D eigenvalue weighted by atomic mass is 19.1. The first kappa shape index (κ1) is 10.5. The lowest BCUT2D eigenvalue weighted by molar-refractivity contribution is -0.0758. The van der Waals surface area contributed by atoms with Crippen LogP contribution in [-0.4, -0.2) is 30.2 Å². The van der Waals surface area contributed by atoms with Gasteiger partial charge < -0.3 is 5.11 Å². The highest BCUT2D eigenvalue weighted by molar-refractivity contribution is 5.95. The van der Waals surface area contributed by atoms with E-state index < -0.39 is 17.5 Å². The minimum atomic E-state index is -0.598. The quantitative estimate of drug-likeness (QED) is 0.727. The average Bonchev–Trinajstić information content (AvgIpc) is 2.15. The van der Waals surface area contributed by atoms with Crippen LogP contribution >= 0.6 is 0 Å². The summed E-state index contributed by atoms with van der Waals surface area (Å²) in [5.74, 6) is -1.54. The molecule has 5 heteroatoms. The zero-order valence-electron chi connectivity index (χ0n) is 7.82. The van der Waals surface area contributed by atoms with Crippen molar-refractivity contribution in [2.45, 2.75) is 0 Å². The summed E-state index contributed by atoms with van der Waals surface area (Å²) in [7, 11) is 2.71. The van der Waals surface area contributed by atoms with E-state index >= 15 is 0 Å². The summed E-state index contributed by atoms with van der Waals surface area (Å²) in [6, 6.07) is 3.16. The maximum atomic E-state index is 12.6.